The summed E-state index contributed by atoms with van der Waals surface area (Å²) in [5, 5.41) is 9.47. The molecule has 0 amide bonds. The van der Waals surface area contributed by atoms with Crippen LogP contribution in [-0.4, -0.2) is 41.7 Å². The summed E-state index contributed by atoms with van der Waals surface area (Å²) in [6.07, 6.45) is 0.137. The Morgan fingerprint density at radius 3 is 2.80 bits per heavy atom. The molecule has 6 heteroatoms. The van der Waals surface area contributed by atoms with Gasteiger partial charge in [0.1, 0.15) is 12.4 Å². The molecular formula is C14H19BrClNO3. The van der Waals surface area contributed by atoms with Crippen LogP contribution >= 0.6 is 27.5 Å². The molecule has 0 saturated heterocycles. The fourth-order valence-corrected chi connectivity index (χ4v) is 2.73. The summed E-state index contributed by atoms with van der Waals surface area (Å²) >= 11 is 9.26. The molecule has 0 heterocycles. The van der Waals surface area contributed by atoms with E-state index < -0.39 is 5.97 Å². The third-order valence-electron chi connectivity index (χ3n) is 3.03. The zero-order chi connectivity index (χ0) is 15.1. The molecule has 1 unspecified atom stereocenters. The zero-order valence-electron chi connectivity index (χ0n) is 11.6. The number of halogens is 2. The van der Waals surface area contributed by atoms with Crippen molar-refractivity contribution in [2.24, 2.45) is 0 Å². The molecule has 4 nitrogen and oxygen atoms in total. The molecule has 1 atom stereocenters. The van der Waals surface area contributed by atoms with Crippen LogP contribution in [0.3, 0.4) is 0 Å². The minimum atomic E-state index is -0.780. The predicted octanol–water partition coefficient (Wildman–Crippen LogP) is 3.67. The average molecular weight is 365 g/mol. The van der Waals surface area contributed by atoms with E-state index in [-0.39, 0.29) is 12.5 Å². The van der Waals surface area contributed by atoms with Crippen molar-refractivity contribution in [3.63, 3.8) is 0 Å². The van der Waals surface area contributed by atoms with Gasteiger partial charge in [0, 0.05) is 17.6 Å². The van der Waals surface area contributed by atoms with Gasteiger partial charge in [0.05, 0.1) is 10.9 Å². The van der Waals surface area contributed by atoms with Crippen molar-refractivity contribution in [2.45, 2.75) is 26.3 Å². The number of carbonyl (C=O) groups is 1. The number of aliphatic carboxylic acids is 1. The smallest absolute Gasteiger partial charge is 0.304 e. The van der Waals surface area contributed by atoms with Crippen molar-refractivity contribution < 1.29 is 14.6 Å². The highest BCUT2D eigenvalue weighted by Crippen LogP contribution is 2.27. The lowest BCUT2D eigenvalue weighted by Gasteiger charge is -2.26. The van der Waals surface area contributed by atoms with Gasteiger partial charge in [0.15, 0.2) is 0 Å². The van der Waals surface area contributed by atoms with Crippen LogP contribution in [0.4, 0.5) is 0 Å². The topological polar surface area (TPSA) is 49.8 Å². The van der Waals surface area contributed by atoms with Gasteiger partial charge < -0.3 is 9.84 Å². The number of carboxylic acids is 1. The first kappa shape index (κ1) is 17.3. The van der Waals surface area contributed by atoms with Crippen molar-refractivity contribution in [1.29, 1.82) is 0 Å². The van der Waals surface area contributed by atoms with Crippen molar-refractivity contribution >= 4 is 33.5 Å². The Bertz CT molecular complexity index is 456. The standard InChI is InChI=1S/C14H19BrClNO3/c1-3-17(10(2)8-14(18)19)6-7-20-13-5-4-11(16)9-12(13)15/h4-5,9-10H,3,6-8H2,1-2H3,(H,18,19). The first-order chi connectivity index (χ1) is 9.43. The molecule has 1 aromatic carbocycles. The van der Waals surface area contributed by atoms with E-state index in [0.717, 1.165) is 16.8 Å². The average Bonchev–Trinajstić information content (AvgIpc) is 2.35. The Kier molecular flexibility index (Phi) is 7.34. The quantitative estimate of drug-likeness (QED) is 0.764. The summed E-state index contributed by atoms with van der Waals surface area (Å²) in [4.78, 5) is 12.8. The van der Waals surface area contributed by atoms with Gasteiger partial charge in [-0.25, -0.2) is 0 Å². The maximum absolute atomic E-state index is 10.7. The lowest BCUT2D eigenvalue weighted by molar-refractivity contribution is -0.138. The first-order valence-corrected chi connectivity index (χ1v) is 7.64. The number of carboxylic acid groups (broad SMARTS) is 1. The van der Waals surface area contributed by atoms with Gasteiger partial charge >= 0.3 is 5.97 Å². The number of nitrogens with zero attached hydrogens (tertiary/aromatic N) is 1. The highest BCUT2D eigenvalue weighted by molar-refractivity contribution is 9.10. The largest absolute Gasteiger partial charge is 0.491 e. The number of likely N-dealkylation sites (N-methyl/N-ethyl adjacent to an activating group) is 1. The third-order valence-corrected chi connectivity index (χ3v) is 3.88. The molecule has 1 rings (SSSR count). The molecule has 1 N–H and O–H groups in total. The molecule has 0 radical (unpaired) electrons. The van der Waals surface area contributed by atoms with Crippen molar-refractivity contribution in [2.75, 3.05) is 19.7 Å². The van der Waals surface area contributed by atoms with Crippen LogP contribution in [0.1, 0.15) is 20.3 Å². The van der Waals surface area contributed by atoms with Gasteiger partial charge in [-0.3, -0.25) is 9.69 Å². The van der Waals surface area contributed by atoms with Gasteiger partial charge in [0.25, 0.3) is 0 Å². The monoisotopic (exact) mass is 363 g/mol. The normalized spacial score (nSPS) is 12.4. The molecule has 1 aromatic rings. The van der Waals surface area contributed by atoms with Crippen LogP contribution in [0.25, 0.3) is 0 Å². The van der Waals surface area contributed by atoms with Crippen molar-refractivity contribution in [1.82, 2.24) is 4.90 Å². The Morgan fingerprint density at radius 1 is 1.55 bits per heavy atom. The second kappa shape index (κ2) is 8.49. The van der Waals surface area contributed by atoms with E-state index in [9.17, 15) is 4.79 Å². The maximum Gasteiger partial charge on any atom is 0.304 e. The van der Waals surface area contributed by atoms with Crippen molar-refractivity contribution in [3.05, 3.63) is 27.7 Å². The molecule has 0 aliphatic carbocycles. The van der Waals surface area contributed by atoms with Crippen LogP contribution in [0.5, 0.6) is 5.75 Å². The second-order valence-corrected chi connectivity index (χ2v) is 5.79. The lowest BCUT2D eigenvalue weighted by Crippen LogP contribution is -2.37. The second-order valence-electron chi connectivity index (χ2n) is 4.50. The number of hydrogen-bond acceptors (Lipinski definition) is 3. The van der Waals surface area contributed by atoms with E-state index >= 15 is 0 Å². The number of benzene rings is 1. The summed E-state index contributed by atoms with van der Waals surface area (Å²) in [5.74, 6) is -0.0475. The van der Waals surface area contributed by atoms with Crippen LogP contribution in [-0.2, 0) is 4.79 Å². The molecule has 0 fully saturated rings. The molecule has 112 valence electrons. The maximum atomic E-state index is 10.7. The van der Waals surface area contributed by atoms with Crippen molar-refractivity contribution in [3.8, 4) is 5.75 Å². The SMILES string of the molecule is CCN(CCOc1ccc(Cl)cc1Br)C(C)CC(=O)O. The van der Waals surface area contributed by atoms with Crippen LogP contribution in [0.15, 0.2) is 22.7 Å². The summed E-state index contributed by atoms with van der Waals surface area (Å²) in [6.45, 7) is 5.89. The van der Waals surface area contributed by atoms with Gasteiger partial charge in [-0.1, -0.05) is 18.5 Å². The van der Waals surface area contributed by atoms with E-state index in [1.807, 2.05) is 19.9 Å². The molecule has 0 aliphatic heterocycles. The fourth-order valence-electron chi connectivity index (χ4n) is 1.94. The highest BCUT2D eigenvalue weighted by Gasteiger charge is 2.15. The van der Waals surface area contributed by atoms with Crippen LogP contribution in [0, 0.1) is 0 Å². The van der Waals surface area contributed by atoms with Crippen LogP contribution in [0.2, 0.25) is 5.02 Å². The van der Waals surface area contributed by atoms with Gasteiger partial charge in [0.2, 0.25) is 0 Å². The van der Waals surface area contributed by atoms with E-state index in [2.05, 4.69) is 20.8 Å². The van der Waals surface area contributed by atoms with E-state index in [1.54, 1.807) is 12.1 Å². The minimum absolute atomic E-state index is 0.00485. The molecule has 0 aliphatic rings. The van der Waals surface area contributed by atoms with E-state index in [4.69, 9.17) is 21.4 Å². The Morgan fingerprint density at radius 2 is 2.25 bits per heavy atom. The van der Waals surface area contributed by atoms with Gasteiger partial charge in [-0.2, -0.15) is 0 Å². The highest BCUT2D eigenvalue weighted by atomic mass is 79.9. The third kappa shape index (κ3) is 5.69. The fraction of sp³-hybridized carbons (Fsp3) is 0.500. The van der Waals surface area contributed by atoms with Crippen LogP contribution < -0.4 is 4.74 Å². The van der Waals surface area contributed by atoms with E-state index in [1.165, 1.54) is 0 Å². The summed E-state index contributed by atoms with van der Waals surface area (Å²) in [6, 6.07) is 5.35. The lowest BCUT2D eigenvalue weighted by atomic mass is 10.2. The minimum Gasteiger partial charge on any atom is -0.491 e. The molecular weight excluding hydrogens is 346 g/mol. The molecule has 0 saturated carbocycles. The number of ether oxygens (including phenoxy) is 1. The Hall–Kier alpha value is -0.780. The van der Waals surface area contributed by atoms with Gasteiger partial charge in [-0.15, -0.1) is 0 Å². The molecule has 0 aromatic heterocycles. The number of rotatable bonds is 8. The number of hydrogen-bond donors (Lipinski definition) is 1. The predicted molar refractivity (Wildman–Crippen MR) is 83.6 cm³/mol. The summed E-state index contributed by atoms with van der Waals surface area (Å²) < 4.78 is 6.50. The zero-order valence-corrected chi connectivity index (χ0v) is 13.9. The molecule has 20 heavy (non-hydrogen) atoms. The summed E-state index contributed by atoms with van der Waals surface area (Å²) in [7, 11) is 0. The summed E-state index contributed by atoms with van der Waals surface area (Å²) in [5.41, 5.74) is 0. The molecule has 0 spiro atoms. The van der Waals surface area contributed by atoms with E-state index in [0.29, 0.717) is 18.2 Å². The first-order valence-electron chi connectivity index (χ1n) is 6.47. The molecule has 0 bridgehead atoms. The Balaban J connectivity index is 2.46. The van der Waals surface area contributed by atoms with Gasteiger partial charge in [-0.05, 0) is 47.6 Å². The Labute approximate surface area is 132 Å².